The minimum atomic E-state index is 0.466. The van der Waals surface area contributed by atoms with Crippen LogP contribution in [0.5, 0.6) is 0 Å². The van der Waals surface area contributed by atoms with Crippen LogP contribution >= 0.6 is 11.6 Å². The Balaban J connectivity index is 2.83. The molecule has 0 unspecified atom stereocenters. The Morgan fingerprint density at radius 3 is 2.88 bits per heavy atom. The van der Waals surface area contributed by atoms with Gasteiger partial charge >= 0.3 is 0 Å². The third-order valence-corrected chi connectivity index (χ3v) is 1.08. The largest absolute Gasteiger partial charge is 0.287 e. The van der Waals surface area contributed by atoms with E-state index in [-0.39, 0.29) is 0 Å². The van der Waals surface area contributed by atoms with Crippen LogP contribution in [-0.4, -0.2) is 4.98 Å². The highest BCUT2D eigenvalue weighted by Gasteiger charge is 1.87. The van der Waals surface area contributed by atoms with E-state index >= 15 is 0 Å². The van der Waals surface area contributed by atoms with Crippen molar-refractivity contribution in [3.8, 4) is 0 Å². The van der Waals surface area contributed by atoms with E-state index in [2.05, 4.69) is 4.98 Å². The molecule has 8 heavy (non-hydrogen) atoms. The first-order valence-corrected chi connectivity index (χ1v) is 2.82. The highest BCUT2D eigenvalue weighted by atomic mass is 35.5. The van der Waals surface area contributed by atoms with Gasteiger partial charge < -0.3 is 0 Å². The molecule has 0 aliphatic carbocycles. The molecule has 0 N–H and O–H groups in total. The predicted octanol–water partition coefficient (Wildman–Crippen LogP) is 0.565. The Morgan fingerprint density at radius 1 is 1.62 bits per heavy atom. The maximum atomic E-state index is 5.45. The summed E-state index contributed by atoms with van der Waals surface area (Å²) in [5.74, 6) is 0. The van der Waals surface area contributed by atoms with Crippen molar-refractivity contribution in [1.29, 1.82) is 0 Å². The van der Waals surface area contributed by atoms with E-state index in [9.17, 15) is 0 Å². The number of aromatic nitrogens is 2. The molecule has 0 saturated carbocycles. The van der Waals surface area contributed by atoms with Gasteiger partial charge in [-0.15, -0.1) is 0 Å². The molecule has 0 spiro atoms. The molecule has 3 heteroatoms. The number of hydrogen-bond donors (Lipinski definition) is 0. The van der Waals surface area contributed by atoms with Crippen molar-refractivity contribution >= 4 is 11.6 Å². The van der Waals surface area contributed by atoms with Gasteiger partial charge in [-0.25, -0.2) is 4.57 Å². The fraction of sp³-hybridized carbons (Fsp3) is 0.200. The van der Waals surface area contributed by atoms with Crippen molar-refractivity contribution in [2.24, 2.45) is 0 Å². The summed E-state index contributed by atoms with van der Waals surface area (Å²) < 4.78 is 1.78. The summed E-state index contributed by atoms with van der Waals surface area (Å²) in [6.45, 7) is 0. The summed E-state index contributed by atoms with van der Waals surface area (Å²) >= 11 is 5.45. The monoisotopic (exact) mass is 129 g/mol. The van der Waals surface area contributed by atoms with Gasteiger partial charge in [-0.2, -0.15) is 0 Å². The molecule has 42 valence electrons. The molecule has 0 atom stereocenters. The molecular formula is C5H6ClN2+. The van der Waals surface area contributed by atoms with E-state index in [0.29, 0.717) is 6.00 Å². The van der Waals surface area contributed by atoms with Crippen molar-refractivity contribution in [2.45, 2.75) is 6.00 Å². The average molecular weight is 130 g/mol. The third-order valence-electron chi connectivity index (χ3n) is 0.803. The molecule has 1 aromatic heterocycles. The van der Waals surface area contributed by atoms with Crippen LogP contribution in [0.2, 0.25) is 0 Å². The standard InChI is InChI=1S/C5H6ClN2/c6-4-8-3-1-2-7-5-8/h1-3,5H,4H2/q+1. The van der Waals surface area contributed by atoms with Gasteiger partial charge in [-0.1, -0.05) is 16.6 Å². The maximum absolute atomic E-state index is 5.45. The van der Waals surface area contributed by atoms with Crippen LogP contribution in [0.25, 0.3) is 0 Å². The number of alkyl halides is 1. The molecule has 1 aromatic rings. The first kappa shape index (κ1) is 5.51. The molecule has 0 aliphatic heterocycles. The summed E-state index contributed by atoms with van der Waals surface area (Å²) in [5.41, 5.74) is 0. The predicted molar refractivity (Wildman–Crippen MR) is 30.3 cm³/mol. The van der Waals surface area contributed by atoms with Crippen LogP contribution in [-0.2, 0) is 6.00 Å². The second-order valence-electron chi connectivity index (χ2n) is 1.39. The van der Waals surface area contributed by atoms with E-state index in [1.54, 1.807) is 17.1 Å². The van der Waals surface area contributed by atoms with E-state index in [1.807, 2.05) is 12.3 Å². The van der Waals surface area contributed by atoms with Gasteiger partial charge in [0, 0.05) is 6.07 Å². The van der Waals surface area contributed by atoms with Crippen molar-refractivity contribution in [2.75, 3.05) is 0 Å². The Kier molecular flexibility index (Phi) is 1.80. The highest BCUT2D eigenvalue weighted by Crippen LogP contribution is 1.73. The Labute approximate surface area is 52.7 Å². The van der Waals surface area contributed by atoms with Crippen molar-refractivity contribution in [1.82, 2.24) is 4.98 Å². The summed E-state index contributed by atoms with van der Waals surface area (Å²) in [4.78, 5) is 3.83. The van der Waals surface area contributed by atoms with Gasteiger partial charge in [0.25, 0.3) is 6.33 Å². The van der Waals surface area contributed by atoms with Crippen LogP contribution in [0.15, 0.2) is 24.8 Å². The molecule has 0 bridgehead atoms. The van der Waals surface area contributed by atoms with Crippen molar-refractivity contribution < 1.29 is 4.57 Å². The van der Waals surface area contributed by atoms with E-state index in [1.165, 1.54) is 0 Å². The van der Waals surface area contributed by atoms with Crippen molar-refractivity contribution in [3.63, 3.8) is 0 Å². The topological polar surface area (TPSA) is 16.8 Å². The Hall–Kier alpha value is -0.630. The quantitative estimate of drug-likeness (QED) is 0.400. The second kappa shape index (κ2) is 2.62. The Morgan fingerprint density at radius 2 is 2.50 bits per heavy atom. The van der Waals surface area contributed by atoms with Gasteiger partial charge in [0.05, 0.1) is 6.20 Å². The first-order valence-electron chi connectivity index (χ1n) is 2.28. The third kappa shape index (κ3) is 1.17. The van der Waals surface area contributed by atoms with E-state index in [4.69, 9.17) is 11.6 Å². The minimum Gasteiger partial charge on any atom is -0.223 e. The molecule has 0 aromatic carbocycles. The molecule has 0 radical (unpaired) electrons. The molecule has 1 rings (SSSR count). The number of halogens is 1. The lowest BCUT2D eigenvalue weighted by atomic mass is 10.7. The fourth-order valence-corrected chi connectivity index (χ4v) is 0.573. The summed E-state index contributed by atoms with van der Waals surface area (Å²) in [5, 5.41) is 0. The van der Waals surface area contributed by atoms with Crippen LogP contribution in [0.4, 0.5) is 0 Å². The number of rotatable bonds is 1. The maximum Gasteiger partial charge on any atom is 0.287 e. The number of nitrogens with zero attached hydrogens (tertiary/aromatic N) is 2. The van der Waals surface area contributed by atoms with Gasteiger partial charge in [-0.05, 0) is 0 Å². The number of hydrogen-bond acceptors (Lipinski definition) is 1. The smallest absolute Gasteiger partial charge is 0.223 e. The zero-order valence-electron chi connectivity index (χ0n) is 4.29. The van der Waals surface area contributed by atoms with Gasteiger partial charge in [0.15, 0.2) is 6.00 Å². The zero-order valence-corrected chi connectivity index (χ0v) is 5.04. The molecule has 0 fully saturated rings. The van der Waals surface area contributed by atoms with Crippen LogP contribution in [0, 0.1) is 0 Å². The molecule has 0 saturated heterocycles. The molecule has 1 heterocycles. The lowest BCUT2D eigenvalue weighted by Crippen LogP contribution is -2.29. The zero-order chi connectivity index (χ0) is 5.82. The van der Waals surface area contributed by atoms with Gasteiger partial charge in [0.1, 0.15) is 6.20 Å². The van der Waals surface area contributed by atoms with Crippen LogP contribution in [0.1, 0.15) is 0 Å². The summed E-state index contributed by atoms with van der Waals surface area (Å²) in [7, 11) is 0. The van der Waals surface area contributed by atoms with Gasteiger partial charge in [0.2, 0.25) is 0 Å². The second-order valence-corrected chi connectivity index (χ2v) is 1.63. The molecule has 2 nitrogen and oxygen atoms in total. The average Bonchev–Trinajstić information content (AvgIpc) is 1.90. The summed E-state index contributed by atoms with van der Waals surface area (Å²) in [6.07, 6.45) is 5.25. The first-order chi connectivity index (χ1) is 3.93. The highest BCUT2D eigenvalue weighted by molar-refractivity contribution is 6.14. The minimum absolute atomic E-state index is 0.466. The van der Waals surface area contributed by atoms with E-state index < -0.39 is 0 Å². The SMILES string of the molecule is ClC[n+]1cccnc1. The molecular weight excluding hydrogens is 124 g/mol. The lowest BCUT2D eigenvalue weighted by molar-refractivity contribution is -0.681. The van der Waals surface area contributed by atoms with Gasteiger partial charge in [-0.3, -0.25) is 0 Å². The normalized spacial score (nSPS) is 9.12. The van der Waals surface area contributed by atoms with Crippen molar-refractivity contribution in [3.05, 3.63) is 24.8 Å². The molecule has 0 aliphatic rings. The van der Waals surface area contributed by atoms with E-state index in [0.717, 1.165) is 0 Å². The fourth-order valence-electron chi connectivity index (χ4n) is 0.432. The summed E-state index contributed by atoms with van der Waals surface area (Å²) in [6, 6.07) is 2.30. The lowest BCUT2D eigenvalue weighted by Gasteiger charge is -1.84. The Bertz CT molecular complexity index is 152. The molecule has 0 amide bonds. The van der Waals surface area contributed by atoms with Crippen LogP contribution in [0.3, 0.4) is 0 Å². The van der Waals surface area contributed by atoms with Crippen LogP contribution < -0.4 is 4.57 Å².